The molecular formula is C42H64N6O7. The third-order valence-electron chi connectivity index (χ3n) is 10.7. The second kappa shape index (κ2) is 20.7. The van der Waals surface area contributed by atoms with Gasteiger partial charge in [-0.25, -0.2) is 0 Å². The van der Waals surface area contributed by atoms with Crippen LogP contribution in [0, 0.1) is 17.8 Å². The Morgan fingerprint density at radius 2 is 1.65 bits per heavy atom. The van der Waals surface area contributed by atoms with E-state index in [0.717, 1.165) is 48.1 Å². The number of fused-ring (bicyclic) bond motifs is 1. The molecule has 2 aromatic rings. The molecule has 5 atom stereocenters. The van der Waals surface area contributed by atoms with Crippen molar-refractivity contribution < 1.29 is 34.6 Å². The molecule has 1 unspecified atom stereocenters. The van der Waals surface area contributed by atoms with Crippen molar-refractivity contribution in [1.82, 2.24) is 15.5 Å². The van der Waals surface area contributed by atoms with E-state index in [1.807, 2.05) is 70.2 Å². The summed E-state index contributed by atoms with van der Waals surface area (Å²) in [5.41, 5.74) is 12.9. The first-order valence-electron chi connectivity index (χ1n) is 19.7. The van der Waals surface area contributed by atoms with Crippen molar-refractivity contribution in [1.29, 1.82) is 0 Å². The summed E-state index contributed by atoms with van der Waals surface area (Å²) in [5, 5.41) is 20.6. The first kappa shape index (κ1) is 45.2. The lowest BCUT2D eigenvalue weighted by atomic mass is 9.71. The molecule has 2 aliphatic rings. The predicted octanol–water partition coefficient (Wildman–Crippen LogP) is 3.11. The summed E-state index contributed by atoms with van der Waals surface area (Å²) in [6.45, 7) is 9.66. The van der Waals surface area contributed by atoms with Crippen LogP contribution in [0.4, 0.5) is 5.69 Å². The number of nitrogens with two attached hydrogens (primary N) is 2. The average molecular weight is 765 g/mol. The number of amides is 5. The van der Waals surface area contributed by atoms with Crippen molar-refractivity contribution in [2.45, 2.75) is 128 Å². The summed E-state index contributed by atoms with van der Waals surface area (Å²) in [4.78, 5) is 72.6. The molecule has 0 spiro atoms. The number of aliphatic hydroxyl groups is 1. The van der Waals surface area contributed by atoms with E-state index in [9.17, 15) is 24.3 Å². The molecule has 0 saturated heterocycles. The van der Waals surface area contributed by atoms with E-state index in [2.05, 4.69) is 16.0 Å². The van der Waals surface area contributed by atoms with Crippen LogP contribution in [-0.4, -0.2) is 81.8 Å². The molecule has 0 bridgehead atoms. The van der Waals surface area contributed by atoms with E-state index in [-0.39, 0.29) is 48.4 Å². The Bertz CT molecular complexity index is 1610. The molecule has 55 heavy (non-hydrogen) atoms. The molecule has 13 heteroatoms. The van der Waals surface area contributed by atoms with Gasteiger partial charge in [-0.2, -0.15) is 0 Å². The normalized spacial score (nSPS) is 18.3. The minimum absolute atomic E-state index is 0. The Hall–Kier alpha value is -4.17. The Morgan fingerprint density at radius 1 is 0.982 bits per heavy atom. The zero-order chi connectivity index (χ0) is 39.6. The quantitative estimate of drug-likeness (QED) is 0.132. The van der Waals surface area contributed by atoms with Gasteiger partial charge in [0.15, 0.2) is 0 Å². The molecule has 0 radical (unpaired) electrons. The van der Waals surface area contributed by atoms with Crippen LogP contribution in [0.1, 0.15) is 109 Å². The maximum Gasteiger partial charge on any atom is 0.247 e. The highest BCUT2D eigenvalue weighted by molar-refractivity contribution is 6.12. The van der Waals surface area contributed by atoms with E-state index >= 15 is 4.79 Å². The van der Waals surface area contributed by atoms with E-state index in [4.69, 9.17) is 11.5 Å². The van der Waals surface area contributed by atoms with Crippen molar-refractivity contribution in [3.05, 3.63) is 65.2 Å². The number of nitrogens with one attached hydrogen (secondary N) is 3. The highest BCUT2D eigenvalue weighted by Crippen LogP contribution is 2.47. The smallest absolute Gasteiger partial charge is 0.247 e. The highest BCUT2D eigenvalue weighted by Gasteiger charge is 2.60. The predicted molar refractivity (Wildman–Crippen MR) is 214 cm³/mol. The molecule has 10 N–H and O–H groups in total. The maximum absolute atomic E-state index is 15.5. The molecule has 5 amide bonds. The molecule has 1 saturated carbocycles. The van der Waals surface area contributed by atoms with Gasteiger partial charge in [-0.05, 0) is 72.7 Å². The van der Waals surface area contributed by atoms with Crippen molar-refractivity contribution in [3.63, 3.8) is 0 Å². The van der Waals surface area contributed by atoms with E-state index < -0.39 is 53.3 Å². The van der Waals surface area contributed by atoms with Crippen LogP contribution < -0.4 is 27.4 Å². The van der Waals surface area contributed by atoms with Crippen LogP contribution >= 0.6 is 0 Å². The zero-order valence-corrected chi connectivity index (χ0v) is 33.2. The molecular weight excluding hydrogens is 700 g/mol. The number of imide groups is 1. The van der Waals surface area contributed by atoms with E-state index in [1.165, 1.54) is 6.92 Å². The van der Waals surface area contributed by atoms with E-state index in [0.29, 0.717) is 37.2 Å². The van der Waals surface area contributed by atoms with Gasteiger partial charge < -0.3 is 38.0 Å². The number of anilines is 1. The van der Waals surface area contributed by atoms with Crippen molar-refractivity contribution >= 4 is 35.2 Å². The Balaban J connectivity index is 0.00000812. The van der Waals surface area contributed by atoms with Gasteiger partial charge in [-0.1, -0.05) is 102 Å². The van der Waals surface area contributed by atoms with Crippen molar-refractivity contribution in [2.24, 2.45) is 29.2 Å². The number of carbonyl (C=O) groups is 5. The van der Waals surface area contributed by atoms with Gasteiger partial charge in [0, 0.05) is 19.2 Å². The molecule has 1 fully saturated rings. The topological polar surface area (TPSA) is 228 Å². The molecule has 4 rings (SSSR count). The number of carbonyl (C=O) groups excluding carboxylic acids is 5. The van der Waals surface area contributed by atoms with Gasteiger partial charge in [0.05, 0.1) is 30.5 Å². The largest absolute Gasteiger partial charge is 0.412 e. The van der Waals surface area contributed by atoms with Crippen molar-refractivity contribution in [2.75, 3.05) is 18.4 Å². The lowest BCUT2D eigenvalue weighted by molar-refractivity contribution is -0.163. The third-order valence-corrected chi connectivity index (χ3v) is 10.7. The molecule has 2 aromatic carbocycles. The number of benzene rings is 2. The molecule has 1 aliphatic carbocycles. The maximum atomic E-state index is 15.5. The number of aliphatic hydroxyl groups excluding tert-OH is 1. The summed E-state index contributed by atoms with van der Waals surface area (Å²) >= 11 is 0. The first-order chi connectivity index (χ1) is 25.7. The zero-order valence-electron chi connectivity index (χ0n) is 33.2. The van der Waals surface area contributed by atoms with Crippen LogP contribution in [0.3, 0.4) is 0 Å². The Labute approximate surface area is 326 Å². The van der Waals surface area contributed by atoms with Crippen LogP contribution in [0.5, 0.6) is 0 Å². The number of hydrogen-bond donors (Lipinski definition) is 6. The minimum Gasteiger partial charge on any atom is -0.412 e. The lowest BCUT2D eigenvalue weighted by Gasteiger charge is -2.46. The minimum atomic E-state index is -2.10. The Morgan fingerprint density at radius 3 is 2.25 bits per heavy atom. The highest BCUT2D eigenvalue weighted by atomic mass is 16.3. The average Bonchev–Trinajstić information content (AvgIpc) is 3.45. The molecule has 13 nitrogen and oxygen atoms in total. The number of rotatable bonds is 18. The molecule has 304 valence electrons. The van der Waals surface area contributed by atoms with Crippen LogP contribution in [-0.2, 0) is 36.8 Å². The number of hydrogen-bond acceptors (Lipinski definition) is 8. The van der Waals surface area contributed by atoms with Crippen LogP contribution in [0.25, 0.3) is 0 Å². The fourth-order valence-electron chi connectivity index (χ4n) is 8.26. The van der Waals surface area contributed by atoms with Gasteiger partial charge in [0.1, 0.15) is 5.54 Å². The van der Waals surface area contributed by atoms with Gasteiger partial charge in [0.2, 0.25) is 29.5 Å². The Kier molecular flexibility index (Phi) is 17.0. The van der Waals surface area contributed by atoms with Gasteiger partial charge in [0.25, 0.3) is 0 Å². The monoisotopic (exact) mass is 764 g/mol. The fourth-order valence-corrected chi connectivity index (χ4v) is 8.26. The molecule has 0 aromatic heterocycles. The van der Waals surface area contributed by atoms with Crippen LogP contribution in [0.15, 0.2) is 48.5 Å². The summed E-state index contributed by atoms with van der Waals surface area (Å²) < 4.78 is 0. The second-order valence-electron chi connectivity index (χ2n) is 16.2. The number of nitrogens with zero attached hydrogens (tertiary/aromatic N) is 1. The van der Waals surface area contributed by atoms with Gasteiger partial charge >= 0.3 is 0 Å². The van der Waals surface area contributed by atoms with Crippen LogP contribution in [0.2, 0.25) is 0 Å². The summed E-state index contributed by atoms with van der Waals surface area (Å²) in [6, 6.07) is 12.4. The lowest BCUT2D eigenvalue weighted by Crippen LogP contribution is -2.70. The molecule has 1 aliphatic heterocycles. The summed E-state index contributed by atoms with van der Waals surface area (Å²) in [5.74, 6) is -4.42. The van der Waals surface area contributed by atoms with Gasteiger partial charge in [-0.15, -0.1) is 0 Å². The standard InChI is InChI=1S/C42H62N6O6.H2O/c1-26(2)24-42(38-32-20-31(18-19-43)16-17-34(32)46-39(38)52,48(28(5)49)40(53)33(44)21-29-12-8-6-9-13-29)41(54)47-35(22-30-14-10-7-11-15-30)36(50)23-37(51)45-25-27(3)4;/h6,8-9,12-13,16-17,20,26-27,30,33,35-36,38,50H,7,10-11,14-15,18-19,21-25,43-44H2,1-5H3,(H,45,51)(H,46,52)(H,47,54);1H2/t33-,35-,36-,38?,42-;/m0./s1. The van der Waals surface area contributed by atoms with Crippen molar-refractivity contribution in [3.8, 4) is 0 Å². The molecule has 1 heterocycles. The third kappa shape index (κ3) is 11.4. The first-order valence-corrected chi connectivity index (χ1v) is 19.7. The second-order valence-corrected chi connectivity index (χ2v) is 16.2. The summed E-state index contributed by atoms with van der Waals surface area (Å²) in [6.07, 6.45) is 4.32. The summed E-state index contributed by atoms with van der Waals surface area (Å²) in [7, 11) is 0. The van der Waals surface area contributed by atoms with E-state index in [1.54, 1.807) is 6.07 Å². The fraction of sp³-hybridized carbons (Fsp3) is 0.595. The SMILES string of the molecule is CC(=O)N(C(=O)[C@@H](N)Cc1ccccc1)[C@](CC(C)C)(C(=O)N[C@@H](CC1CCCCC1)[C@@H](O)CC(=O)NCC(C)C)C1C(=O)Nc2ccc(CCN)cc21.O. The van der Waals surface area contributed by atoms with Gasteiger partial charge in [-0.3, -0.25) is 28.9 Å².